The van der Waals surface area contributed by atoms with Crippen LogP contribution >= 0.6 is 11.8 Å². The SMILES string of the molecule is Cc1ccc(NC(=O)c2ccccc2SCC(=O)Nc2cccc(C#N)c2)c(F)c1. The van der Waals surface area contributed by atoms with E-state index in [9.17, 15) is 14.0 Å². The van der Waals surface area contributed by atoms with Gasteiger partial charge in [0, 0.05) is 10.6 Å². The summed E-state index contributed by atoms with van der Waals surface area (Å²) in [5, 5.41) is 14.2. The lowest BCUT2D eigenvalue weighted by molar-refractivity contribution is -0.113. The summed E-state index contributed by atoms with van der Waals surface area (Å²) in [5.41, 5.74) is 2.18. The van der Waals surface area contributed by atoms with Gasteiger partial charge in [-0.1, -0.05) is 24.3 Å². The van der Waals surface area contributed by atoms with Gasteiger partial charge in [0.15, 0.2) is 0 Å². The molecule has 0 spiro atoms. The summed E-state index contributed by atoms with van der Waals surface area (Å²) in [5.74, 6) is -1.16. The Morgan fingerprint density at radius 2 is 1.83 bits per heavy atom. The molecule has 30 heavy (non-hydrogen) atoms. The molecule has 0 aliphatic heterocycles. The van der Waals surface area contributed by atoms with Crippen LogP contribution in [0.4, 0.5) is 15.8 Å². The van der Waals surface area contributed by atoms with E-state index in [0.717, 1.165) is 5.56 Å². The zero-order valence-corrected chi connectivity index (χ0v) is 16.9. The van der Waals surface area contributed by atoms with E-state index in [1.807, 2.05) is 6.07 Å². The number of carbonyl (C=O) groups is 2. The molecule has 3 aromatic carbocycles. The predicted molar refractivity (Wildman–Crippen MR) is 116 cm³/mol. The summed E-state index contributed by atoms with van der Waals surface area (Å²) in [6.07, 6.45) is 0. The third-order valence-electron chi connectivity index (χ3n) is 4.14. The van der Waals surface area contributed by atoms with E-state index < -0.39 is 11.7 Å². The first-order chi connectivity index (χ1) is 14.5. The first-order valence-electron chi connectivity index (χ1n) is 9.05. The highest BCUT2D eigenvalue weighted by Gasteiger charge is 2.15. The first kappa shape index (κ1) is 21.1. The summed E-state index contributed by atoms with van der Waals surface area (Å²) in [6.45, 7) is 1.77. The van der Waals surface area contributed by atoms with E-state index in [1.54, 1.807) is 61.5 Å². The topological polar surface area (TPSA) is 82.0 Å². The molecule has 5 nitrogen and oxygen atoms in total. The molecule has 0 fully saturated rings. The van der Waals surface area contributed by atoms with Gasteiger partial charge in [0.2, 0.25) is 5.91 Å². The zero-order chi connectivity index (χ0) is 21.5. The quantitative estimate of drug-likeness (QED) is 0.552. The summed E-state index contributed by atoms with van der Waals surface area (Å²) in [4.78, 5) is 25.5. The molecule has 0 radical (unpaired) electrons. The number of amides is 2. The number of thioether (sulfide) groups is 1. The van der Waals surface area contributed by atoms with Crippen molar-refractivity contribution < 1.29 is 14.0 Å². The van der Waals surface area contributed by atoms with E-state index in [-0.39, 0.29) is 17.3 Å². The average Bonchev–Trinajstić information content (AvgIpc) is 2.74. The number of carbonyl (C=O) groups excluding carboxylic acids is 2. The van der Waals surface area contributed by atoms with Gasteiger partial charge in [0.1, 0.15) is 5.82 Å². The summed E-state index contributed by atoms with van der Waals surface area (Å²) < 4.78 is 14.0. The molecule has 3 rings (SSSR count). The Morgan fingerprint density at radius 1 is 1.03 bits per heavy atom. The van der Waals surface area contributed by atoms with Crippen LogP contribution in [0.5, 0.6) is 0 Å². The number of aryl methyl sites for hydroxylation is 1. The minimum Gasteiger partial charge on any atom is -0.325 e. The lowest BCUT2D eigenvalue weighted by atomic mass is 10.2. The fraction of sp³-hybridized carbons (Fsp3) is 0.0870. The Balaban J connectivity index is 1.66. The molecular formula is C23H18FN3O2S. The summed E-state index contributed by atoms with van der Waals surface area (Å²) >= 11 is 1.20. The normalized spacial score (nSPS) is 10.2. The van der Waals surface area contributed by atoms with Crippen molar-refractivity contribution in [3.05, 3.63) is 89.2 Å². The van der Waals surface area contributed by atoms with Gasteiger partial charge in [-0.25, -0.2) is 4.39 Å². The highest BCUT2D eigenvalue weighted by atomic mass is 32.2. The average molecular weight is 419 g/mol. The van der Waals surface area contributed by atoms with Crippen molar-refractivity contribution in [3.63, 3.8) is 0 Å². The molecule has 7 heteroatoms. The maximum absolute atomic E-state index is 14.0. The van der Waals surface area contributed by atoms with Crippen molar-refractivity contribution >= 4 is 35.0 Å². The van der Waals surface area contributed by atoms with Crippen LogP contribution in [0, 0.1) is 24.1 Å². The molecule has 0 unspecified atom stereocenters. The number of anilines is 2. The van der Waals surface area contributed by atoms with Gasteiger partial charge < -0.3 is 10.6 Å². The fourth-order valence-electron chi connectivity index (χ4n) is 2.70. The maximum Gasteiger partial charge on any atom is 0.256 e. The van der Waals surface area contributed by atoms with E-state index in [4.69, 9.17) is 5.26 Å². The molecule has 0 aliphatic rings. The number of halogens is 1. The molecule has 0 atom stereocenters. The van der Waals surface area contributed by atoms with Crippen LogP contribution in [0.3, 0.4) is 0 Å². The monoisotopic (exact) mass is 419 g/mol. The van der Waals surface area contributed by atoms with Gasteiger partial charge in [0.25, 0.3) is 5.91 Å². The lowest BCUT2D eigenvalue weighted by Gasteiger charge is -2.11. The van der Waals surface area contributed by atoms with Crippen molar-refractivity contribution in [2.24, 2.45) is 0 Å². The number of benzene rings is 3. The van der Waals surface area contributed by atoms with Crippen LogP contribution < -0.4 is 10.6 Å². The third kappa shape index (κ3) is 5.46. The van der Waals surface area contributed by atoms with Gasteiger partial charge in [-0.05, 0) is 55.0 Å². The standard InChI is InChI=1S/C23H18FN3O2S/c1-15-9-10-20(19(24)11-15)27-23(29)18-7-2-3-8-21(18)30-14-22(28)26-17-6-4-5-16(12-17)13-25/h2-12H,14H2,1H3,(H,26,28)(H,27,29). The highest BCUT2D eigenvalue weighted by Crippen LogP contribution is 2.25. The second-order valence-electron chi connectivity index (χ2n) is 6.46. The van der Waals surface area contributed by atoms with Gasteiger partial charge in [0.05, 0.1) is 28.6 Å². The van der Waals surface area contributed by atoms with Crippen LogP contribution in [-0.2, 0) is 4.79 Å². The Kier molecular flexibility index (Phi) is 6.83. The van der Waals surface area contributed by atoms with Crippen molar-refractivity contribution in [2.75, 3.05) is 16.4 Å². The molecule has 0 saturated heterocycles. The number of hydrogen-bond donors (Lipinski definition) is 2. The molecule has 0 heterocycles. The number of nitriles is 1. The van der Waals surface area contributed by atoms with E-state index >= 15 is 0 Å². The van der Waals surface area contributed by atoms with Gasteiger partial charge in [-0.3, -0.25) is 9.59 Å². The van der Waals surface area contributed by atoms with Crippen LogP contribution in [-0.4, -0.2) is 17.6 Å². The number of rotatable bonds is 6. The maximum atomic E-state index is 14.0. The molecule has 2 amide bonds. The van der Waals surface area contributed by atoms with Gasteiger partial charge >= 0.3 is 0 Å². The molecule has 0 bridgehead atoms. The minimum atomic E-state index is -0.507. The van der Waals surface area contributed by atoms with Crippen LogP contribution in [0.2, 0.25) is 0 Å². The Labute approximate surface area is 177 Å². The van der Waals surface area contributed by atoms with Crippen LogP contribution in [0.25, 0.3) is 0 Å². The zero-order valence-electron chi connectivity index (χ0n) is 16.1. The number of nitrogens with zero attached hydrogens (tertiary/aromatic N) is 1. The predicted octanol–water partition coefficient (Wildman–Crippen LogP) is 4.99. The van der Waals surface area contributed by atoms with Crippen molar-refractivity contribution in [2.45, 2.75) is 11.8 Å². The number of nitrogens with one attached hydrogen (secondary N) is 2. The van der Waals surface area contributed by atoms with E-state index in [1.165, 1.54) is 23.9 Å². The smallest absolute Gasteiger partial charge is 0.256 e. The Hall–Kier alpha value is -3.63. The molecule has 150 valence electrons. The molecule has 3 aromatic rings. The molecule has 2 N–H and O–H groups in total. The molecular weight excluding hydrogens is 401 g/mol. The molecule has 0 aliphatic carbocycles. The second kappa shape index (κ2) is 9.72. The van der Waals surface area contributed by atoms with Crippen LogP contribution in [0.1, 0.15) is 21.5 Å². The highest BCUT2D eigenvalue weighted by molar-refractivity contribution is 8.00. The first-order valence-corrected chi connectivity index (χ1v) is 10.0. The Morgan fingerprint density at radius 3 is 2.60 bits per heavy atom. The van der Waals surface area contributed by atoms with Gasteiger partial charge in [-0.15, -0.1) is 11.8 Å². The van der Waals surface area contributed by atoms with E-state index in [2.05, 4.69) is 10.6 Å². The fourth-order valence-corrected chi connectivity index (χ4v) is 3.55. The Bertz CT molecular complexity index is 1140. The number of hydrogen-bond acceptors (Lipinski definition) is 4. The molecule has 0 saturated carbocycles. The van der Waals surface area contributed by atoms with Crippen molar-refractivity contribution in [3.8, 4) is 6.07 Å². The minimum absolute atomic E-state index is 0.0694. The second-order valence-corrected chi connectivity index (χ2v) is 7.48. The van der Waals surface area contributed by atoms with E-state index in [0.29, 0.717) is 21.7 Å². The van der Waals surface area contributed by atoms with Crippen LogP contribution in [0.15, 0.2) is 71.6 Å². The van der Waals surface area contributed by atoms with Crippen molar-refractivity contribution in [1.82, 2.24) is 0 Å². The third-order valence-corrected chi connectivity index (χ3v) is 5.21. The van der Waals surface area contributed by atoms with Crippen molar-refractivity contribution in [1.29, 1.82) is 5.26 Å². The van der Waals surface area contributed by atoms with Gasteiger partial charge in [-0.2, -0.15) is 5.26 Å². The lowest BCUT2D eigenvalue weighted by Crippen LogP contribution is -2.16. The summed E-state index contributed by atoms with van der Waals surface area (Å²) in [6, 6.07) is 20.0. The molecule has 0 aromatic heterocycles. The summed E-state index contributed by atoms with van der Waals surface area (Å²) in [7, 11) is 0. The largest absolute Gasteiger partial charge is 0.325 e.